The van der Waals surface area contributed by atoms with E-state index >= 15 is 0 Å². The van der Waals surface area contributed by atoms with E-state index in [0.29, 0.717) is 0 Å². The van der Waals surface area contributed by atoms with Gasteiger partial charge in [0.2, 0.25) is 0 Å². The van der Waals surface area contributed by atoms with Crippen molar-refractivity contribution < 1.29 is 19.4 Å². The number of ether oxygens (including phenoxy) is 1. The maximum atomic E-state index is 9.59. The molecule has 0 aliphatic rings. The molecular weight excluding hydrogens is 124 g/mol. The molecule has 0 aromatic heterocycles. The Morgan fingerprint density at radius 1 is 1.33 bits per heavy atom. The van der Waals surface area contributed by atoms with Gasteiger partial charge in [0.1, 0.15) is 0 Å². The van der Waals surface area contributed by atoms with E-state index in [0.717, 1.165) is 6.92 Å². The van der Waals surface area contributed by atoms with Crippen LogP contribution >= 0.6 is 0 Å². The quantitative estimate of drug-likeness (QED) is 0.395. The Morgan fingerprint density at radius 3 is 1.44 bits per heavy atom. The van der Waals surface area contributed by atoms with E-state index in [1.165, 1.54) is 14.0 Å². The fourth-order valence-electron chi connectivity index (χ4n) is 0. The predicted octanol–water partition coefficient (Wildman–Crippen LogP) is -1.06. The minimum absolute atomic E-state index is 0.245. The van der Waals surface area contributed by atoms with Gasteiger partial charge in [0.15, 0.2) is 0 Å². The molecular formula is C5H9O4-. The van der Waals surface area contributed by atoms with Gasteiger partial charge in [-0.15, -0.1) is 0 Å². The number of hydrogen-bond donors (Lipinski definition) is 0. The van der Waals surface area contributed by atoms with Crippen LogP contribution in [-0.4, -0.2) is 19.0 Å². The summed E-state index contributed by atoms with van der Waals surface area (Å²) >= 11 is 0. The first-order valence-electron chi connectivity index (χ1n) is 2.22. The number of carboxylic acids is 1. The van der Waals surface area contributed by atoms with Crippen LogP contribution in [0.2, 0.25) is 0 Å². The molecule has 0 bridgehead atoms. The average molecular weight is 133 g/mol. The van der Waals surface area contributed by atoms with Crippen LogP contribution in [0.5, 0.6) is 0 Å². The van der Waals surface area contributed by atoms with Gasteiger partial charge in [0.05, 0.1) is 7.11 Å². The molecule has 0 aromatic rings. The van der Waals surface area contributed by atoms with Crippen molar-refractivity contribution in [2.45, 2.75) is 13.8 Å². The van der Waals surface area contributed by atoms with Crippen molar-refractivity contribution in [1.82, 2.24) is 0 Å². The molecule has 0 atom stereocenters. The van der Waals surface area contributed by atoms with Crippen molar-refractivity contribution in [3.8, 4) is 0 Å². The van der Waals surface area contributed by atoms with Gasteiger partial charge in [-0.1, -0.05) is 0 Å². The molecule has 4 nitrogen and oxygen atoms in total. The topological polar surface area (TPSA) is 66.4 Å². The molecule has 9 heavy (non-hydrogen) atoms. The van der Waals surface area contributed by atoms with E-state index in [1.54, 1.807) is 0 Å². The second-order valence-corrected chi connectivity index (χ2v) is 1.19. The van der Waals surface area contributed by atoms with Gasteiger partial charge in [0, 0.05) is 12.9 Å². The maximum absolute atomic E-state index is 9.59. The summed E-state index contributed by atoms with van der Waals surface area (Å²) in [7, 11) is 1.35. The summed E-state index contributed by atoms with van der Waals surface area (Å²) in [5.74, 6) is -1.33. The number of carbonyl (C=O) groups excluding carboxylic acids is 2. The first-order valence-corrected chi connectivity index (χ1v) is 2.22. The lowest BCUT2D eigenvalue weighted by molar-refractivity contribution is -0.302. The Hall–Kier alpha value is -1.06. The lowest BCUT2D eigenvalue weighted by atomic mass is 10.8. The second-order valence-electron chi connectivity index (χ2n) is 1.19. The van der Waals surface area contributed by atoms with Crippen LogP contribution < -0.4 is 5.11 Å². The first-order chi connectivity index (χ1) is 4.00. The van der Waals surface area contributed by atoms with Crippen molar-refractivity contribution in [1.29, 1.82) is 0 Å². The van der Waals surface area contributed by atoms with Crippen LogP contribution in [-0.2, 0) is 14.3 Å². The standard InChI is InChI=1S/C3H6O2.C2H4O2/c1-3(4)5-2;1-2(3)4/h1-2H3;1H3,(H,3,4)/p-1. The van der Waals surface area contributed by atoms with Gasteiger partial charge in [-0.05, 0) is 6.92 Å². The summed E-state index contributed by atoms with van der Waals surface area (Å²) in [6.07, 6.45) is 0. The molecule has 0 unspecified atom stereocenters. The van der Waals surface area contributed by atoms with Crippen LogP contribution in [0.4, 0.5) is 0 Å². The molecule has 0 saturated carbocycles. The molecule has 0 radical (unpaired) electrons. The Bertz CT molecular complexity index is 93.1. The summed E-state index contributed by atoms with van der Waals surface area (Å²) < 4.78 is 4.11. The third-order valence-electron chi connectivity index (χ3n) is 0.287. The molecule has 0 N–H and O–H groups in total. The third kappa shape index (κ3) is 192. The van der Waals surface area contributed by atoms with Gasteiger partial charge in [-0.25, -0.2) is 0 Å². The minimum Gasteiger partial charge on any atom is -0.550 e. The molecule has 0 aliphatic heterocycles. The van der Waals surface area contributed by atoms with Gasteiger partial charge >= 0.3 is 5.97 Å². The van der Waals surface area contributed by atoms with Crippen molar-refractivity contribution in [2.75, 3.05) is 7.11 Å². The maximum Gasteiger partial charge on any atom is 0.302 e. The first kappa shape index (κ1) is 10.8. The summed E-state index contributed by atoms with van der Waals surface area (Å²) in [5.41, 5.74) is 0. The van der Waals surface area contributed by atoms with Crippen molar-refractivity contribution >= 4 is 11.9 Å². The summed E-state index contributed by atoms with van der Waals surface area (Å²) in [6.45, 7) is 2.33. The number of carboxylic acid groups (broad SMARTS) is 1. The van der Waals surface area contributed by atoms with Gasteiger partial charge < -0.3 is 14.6 Å². The summed E-state index contributed by atoms with van der Waals surface area (Å²) in [6, 6.07) is 0. The van der Waals surface area contributed by atoms with Crippen LogP contribution in [0.1, 0.15) is 13.8 Å². The van der Waals surface area contributed by atoms with E-state index in [9.17, 15) is 4.79 Å². The van der Waals surface area contributed by atoms with Crippen LogP contribution in [0.25, 0.3) is 0 Å². The number of carbonyl (C=O) groups is 2. The summed E-state index contributed by atoms with van der Waals surface area (Å²) in [4.78, 5) is 18.5. The van der Waals surface area contributed by atoms with E-state index < -0.39 is 5.97 Å². The molecule has 0 fully saturated rings. The normalized spacial score (nSPS) is 6.56. The van der Waals surface area contributed by atoms with E-state index in [-0.39, 0.29) is 5.97 Å². The highest BCUT2D eigenvalue weighted by molar-refractivity contribution is 5.65. The Kier molecular flexibility index (Phi) is 8.36. The highest BCUT2D eigenvalue weighted by atomic mass is 16.5. The lowest BCUT2D eigenvalue weighted by Gasteiger charge is -1.80. The van der Waals surface area contributed by atoms with Gasteiger partial charge in [-0.2, -0.15) is 0 Å². The molecule has 0 aliphatic carbocycles. The fourth-order valence-corrected chi connectivity index (χ4v) is 0. The predicted molar refractivity (Wildman–Crippen MR) is 28.4 cm³/mol. The number of esters is 1. The molecule has 0 amide bonds. The monoisotopic (exact) mass is 133 g/mol. The Labute approximate surface area is 53.4 Å². The van der Waals surface area contributed by atoms with Gasteiger partial charge in [0.25, 0.3) is 0 Å². The molecule has 0 saturated heterocycles. The van der Waals surface area contributed by atoms with Crippen molar-refractivity contribution in [2.24, 2.45) is 0 Å². The van der Waals surface area contributed by atoms with Crippen LogP contribution in [0.3, 0.4) is 0 Å². The van der Waals surface area contributed by atoms with E-state index in [2.05, 4.69) is 4.74 Å². The summed E-state index contributed by atoms with van der Waals surface area (Å²) in [5, 5.41) is 8.89. The zero-order valence-electron chi connectivity index (χ0n) is 5.63. The largest absolute Gasteiger partial charge is 0.550 e. The lowest BCUT2D eigenvalue weighted by Crippen LogP contribution is -2.16. The zero-order valence-corrected chi connectivity index (χ0v) is 5.63. The highest BCUT2D eigenvalue weighted by Crippen LogP contribution is 1.60. The number of aliphatic carboxylic acids is 1. The molecule has 0 heterocycles. The smallest absolute Gasteiger partial charge is 0.302 e. The molecule has 4 heteroatoms. The van der Waals surface area contributed by atoms with Crippen molar-refractivity contribution in [3.05, 3.63) is 0 Å². The number of methoxy groups -OCH3 is 1. The van der Waals surface area contributed by atoms with E-state index in [4.69, 9.17) is 9.90 Å². The number of rotatable bonds is 0. The fraction of sp³-hybridized carbons (Fsp3) is 0.600. The van der Waals surface area contributed by atoms with E-state index in [1.807, 2.05) is 0 Å². The SMILES string of the molecule is CC(=O)[O-].COC(C)=O. The third-order valence-corrected chi connectivity index (χ3v) is 0.287. The number of hydrogen-bond acceptors (Lipinski definition) is 4. The van der Waals surface area contributed by atoms with Crippen LogP contribution in [0, 0.1) is 0 Å². The Morgan fingerprint density at radius 2 is 1.44 bits per heavy atom. The van der Waals surface area contributed by atoms with Crippen molar-refractivity contribution in [3.63, 3.8) is 0 Å². The Balaban J connectivity index is 0. The average Bonchev–Trinajstić information content (AvgIpc) is 1.65. The molecule has 0 spiro atoms. The van der Waals surface area contributed by atoms with Gasteiger partial charge in [-0.3, -0.25) is 4.79 Å². The highest BCUT2D eigenvalue weighted by Gasteiger charge is 1.75. The molecule has 0 aromatic carbocycles. The second kappa shape index (κ2) is 6.94. The molecule has 54 valence electrons. The minimum atomic E-state index is -1.08. The zero-order chi connectivity index (χ0) is 7.86. The molecule has 0 rings (SSSR count). The van der Waals surface area contributed by atoms with Crippen LogP contribution in [0.15, 0.2) is 0 Å².